The Morgan fingerprint density at radius 2 is 1.95 bits per heavy atom. The third-order valence-electron chi connectivity index (χ3n) is 2.77. The van der Waals surface area contributed by atoms with E-state index in [0.29, 0.717) is 11.9 Å². The monoisotopic (exact) mass is 307 g/mol. The summed E-state index contributed by atoms with van der Waals surface area (Å²) in [4.78, 5) is 13.6. The molecule has 0 spiro atoms. The number of hydrogen-bond acceptors (Lipinski definition) is 7. The number of thiophene rings is 1. The van der Waals surface area contributed by atoms with Crippen LogP contribution in [-0.2, 0) is 0 Å². The number of hydrogen-bond donors (Lipinski definition) is 2. The molecule has 0 saturated carbocycles. The van der Waals surface area contributed by atoms with Gasteiger partial charge in [-0.3, -0.25) is 0 Å². The smallest absolute Gasteiger partial charge is 0.323 e. The number of nitrogens with zero attached hydrogens (tertiary/aromatic N) is 3. The van der Waals surface area contributed by atoms with Crippen molar-refractivity contribution in [2.24, 2.45) is 5.92 Å². The van der Waals surface area contributed by atoms with Gasteiger partial charge >= 0.3 is 6.01 Å². The number of anilines is 2. The van der Waals surface area contributed by atoms with Crippen LogP contribution in [0.2, 0.25) is 0 Å². The van der Waals surface area contributed by atoms with Crippen molar-refractivity contribution in [2.75, 3.05) is 11.1 Å². The van der Waals surface area contributed by atoms with E-state index in [9.17, 15) is 0 Å². The number of nitrogens with two attached hydrogens (primary N) is 1. The van der Waals surface area contributed by atoms with E-state index in [1.165, 1.54) is 4.88 Å². The Morgan fingerprint density at radius 1 is 1.19 bits per heavy atom. The van der Waals surface area contributed by atoms with Gasteiger partial charge in [-0.1, -0.05) is 19.9 Å². The van der Waals surface area contributed by atoms with E-state index >= 15 is 0 Å². The van der Waals surface area contributed by atoms with Crippen molar-refractivity contribution in [1.82, 2.24) is 15.0 Å². The first kappa shape index (κ1) is 15.5. The van der Waals surface area contributed by atoms with Crippen molar-refractivity contribution < 1.29 is 4.74 Å². The molecule has 0 saturated heterocycles. The summed E-state index contributed by atoms with van der Waals surface area (Å²) in [7, 11) is 0. The van der Waals surface area contributed by atoms with Crippen LogP contribution in [0.25, 0.3) is 0 Å². The zero-order chi connectivity index (χ0) is 15.4. The molecule has 0 aromatic carbocycles. The fraction of sp³-hybridized carbons (Fsp3) is 0.500. The molecule has 2 heterocycles. The van der Waals surface area contributed by atoms with Crippen LogP contribution in [0.15, 0.2) is 17.5 Å². The van der Waals surface area contributed by atoms with Gasteiger partial charge in [0.25, 0.3) is 0 Å². The highest BCUT2D eigenvalue weighted by atomic mass is 32.1. The standard InChI is InChI=1S/C14H21N5OS/c1-8(2)11(10-6-5-7-21-10)16-13-17-12(15)18-14(19-13)20-9(3)4/h5-9,11H,1-4H3,(H3,15,16,17,18,19). The van der Waals surface area contributed by atoms with Gasteiger partial charge in [-0.2, -0.15) is 15.0 Å². The summed E-state index contributed by atoms with van der Waals surface area (Å²) in [5.74, 6) is 0.971. The minimum absolute atomic E-state index is 0.0159. The highest BCUT2D eigenvalue weighted by Crippen LogP contribution is 2.29. The molecule has 114 valence electrons. The molecule has 6 nitrogen and oxygen atoms in total. The Bertz CT molecular complexity index is 571. The Hall–Kier alpha value is -1.89. The molecule has 2 aromatic heterocycles. The maximum atomic E-state index is 5.73. The zero-order valence-electron chi connectivity index (χ0n) is 12.7. The molecule has 2 aromatic rings. The second-order valence-corrected chi connectivity index (χ2v) is 6.33. The number of nitrogen functional groups attached to an aromatic ring is 1. The summed E-state index contributed by atoms with van der Waals surface area (Å²) < 4.78 is 5.49. The lowest BCUT2D eigenvalue weighted by molar-refractivity contribution is 0.222. The SMILES string of the molecule is CC(C)Oc1nc(N)nc(NC(c2cccs2)C(C)C)n1. The lowest BCUT2D eigenvalue weighted by Crippen LogP contribution is -2.19. The Kier molecular flexibility index (Phi) is 4.95. The number of aromatic nitrogens is 3. The van der Waals surface area contributed by atoms with Crippen molar-refractivity contribution in [2.45, 2.75) is 39.8 Å². The maximum absolute atomic E-state index is 5.73. The Labute approximate surface area is 128 Å². The average Bonchev–Trinajstić information content (AvgIpc) is 2.87. The molecule has 0 aliphatic carbocycles. The summed E-state index contributed by atoms with van der Waals surface area (Å²) in [6.45, 7) is 8.12. The molecule has 3 N–H and O–H groups in total. The van der Waals surface area contributed by atoms with E-state index < -0.39 is 0 Å². The quantitative estimate of drug-likeness (QED) is 0.853. The van der Waals surface area contributed by atoms with Crippen molar-refractivity contribution in [3.05, 3.63) is 22.4 Å². The summed E-state index contributed by atoms with van der Waals surface area (Å²) >= 11 is 1.70. The first-order chi connectivity index (χ1) is 9.95. The second-order valence-electron chi connectivity index (χ2n) is 5.35. The lowest BCUT2D eigenvalue weighted by Gasteiger charge is -2.21. The molecule has 21 heavy (non-hydrogen) atoms. The number of ether oxygens (including phenoxy) is 1. The number of rotatable bonds is 6. The van der Waals surface area contributed by atoms with Crippen molar-refractivity contribution in [3.8, 4) is 6.01 Å². The largest absolute Gasteiger partial charge is 0.461 e. The van der Waals surface area contributed by atoms with Crippen LogP contribution in [0.5, 0.6) is 6.01 Å². The summed E-state index contributed by atoms with van der Waals surface area (Å²) in [5, 5.41) is 5.38. The molecule has 7 heteroatoms. The minimum Gasteiger partial charge on any atom is -0.461 e. The Balaban J connectivity index is 2.22. The molecule has 1 unspecified atom stereocenters. The topological polar surface area (TPSA) is 86.0 Å². The predicted octanol–water partition coefficient (Wildman–Crippen LogP) is 3.11. The highest BCUT2D eigenvalue weighted by molar-refractivity contribution is 7.10. The van der Waals surface area contributed by atoms with E-state index in [-0.39, 0.29) is 24.1 Å². The third-order valence-corrected chi connectivity index (χ3v) is 3.73. The van der Waals surface area contributed by atoms with Crippen molar-refractivity contribution >= 4 is 23.2 Å². The average molecular weight is 307 g/mol. The molecular weight excluding hydrogens is 286 g/mol. The minimum atomic E-state index is -0.0159. The molecule has 0 bridgehead atoms. The molecule has 0 amide bonds. The second kappa shape index (κ2) is 6.71. The predicted molar refractivity (Wildman–Crippen MR) is 85.5 cm³/mol. The van der Waals surface area contributed by atoms with Gasteiger partial charge in [-0.05, 0) is 31.2 Å². The summed E-state index contributed by atoms with van der Waals surface area (Å²) in [5.41, 5.74) is 5.73. The fourth-order valence-electron chi connectivity index (χ4n) is 1.87. The van der Waals surface area contributed by atoms with Gasteiger partial charge in [-0.25, -0.2) is 0 Å². The molecule has 0 aliphatic heterocycles. The van der Waals surface area contributed by atoms with Crippen LogP contribution in [0, 0.1) is 5.92 Å². The van der Waals surface area contributed by atoms with Crippen LogP contribution in [0.1, 0.15) is 38.6 Å². The molecular formula is C14H21N5OS. The van der Waals surface area contributed by atoms with Crippen LogP contribution < -0.4 is 15.8 Å². The van der Waals surface area contributed by atoms with Crippen molar-refractivity contribution in [3.63, 3.8) is 0 Å². The zero-order valence-corrected chi connectivity index (χ0v) is 13.5. The van der Waals surface area contributed by atoms with E-state index in [1.54, 1.807) is 11.3 Å². The van der Waals surface area contributed by atoms with Gasteiger partial charge < -0.3 is 15.8 Å². The number of nitrogens with one attached hydrogen (secondary N) is 1. The van der Waals surface area contributed by atoms with Crippen LogP contribution >= 0.6 is 11.3 Å². The summed E-state index contributed by atoms with van der Waals surface area (Å²) in [6.07, 6.45) is -0.0159. The van der Waals surface area contributed by atoms with Crippen molar-refractivity contribution in [1.29, 1.82) is 0 Å². The van der Waals surface area contributed by atoms with E-state index in [0.717, 1.165) is 0 Å². The molecule has 0 fully saturated rings. The van der Waals surface area contributed by atoms with Gasteiger partial charge in [0.05, 0.1) is 12.1 Å². The third kappa shape index (κ3) is 4.29. The molecule has 2 rings (SSSR count). The molecule has 1 atom stereocenters. The fourth-order valence-corrected chi connectivity index (χ4v) is 2.82. The van der Waals surface area contributed by atoms with E-state index in [1.807, 2.05) is 19.9 Å². The first-order valence-electron chi connectivity index (χ1n) is 6.94. The van der Waals surface area contributed by atoms with E-state index in [4.69, 9.17) is 10.5 Å². The normalized spacial score (nSPS) is 12.7. The lowest BCUT2D eigenvalue weighted by atomic mass is 10.0. The van der Waals surface area contributed by atoms with Crippen LogP contribution in [0.3, 0.4) is 0 Å². The van der Waals surface area contributed by atoms with Crippen LogP contribution in [-0.4, -0.2) is 21.1 Å². The Morgan fingerprint density at radius 3 is 2.52 bits per heavy atom. The van der Waals surface area contributed by atoms with Gasteiger partial charge in [0.2, 0.25) is 11.9 Å². The van der Waals surface area contributed by atoms with Gasteiger partial charge in [0.1, 0.15) is 0 Å². The maximum Gasteiger partial charge on any atom is 0.323 e. The van der Waals surface area contributed by atoms with Gasteiger partial charge in [-0.15, -0.1) is 11.3 Å². The summed E-state index contributed by atoms with van der Waals surface area (Å²) in [6, 6.07) is 4.50. The molecule has 0 radical (unpaired) electrons. The van der Waals surface area contributed by atoms with Gasteiger partial charge in [0, 0.05) is 4.88 Å². The van der Waals surface area contributed by atoms with E-state index in [2.05, 4.69) is 45.6 Å². The molecule has 0 aliphatic rings. The first-order valence-corrected chi connectivity index (χ1v) is 7.82. The van der Waals surface area contributed by atoms with Gasteiger partial charge in [0.15, 0.2) is 0 Å². The van der Waals surface area contributed by atoms with Crippen LogP contribution in [0.4, 0.5) is 11.9 Å². The highest BCUT2D eigenvalue weighted by Gasteiger charge is 2.19.